The molecule has 7 heteroatoms. The van der Waals surface area contributed by atoms with Crippen LogP contribution in [-0.4, -0.2) is 49.7 Å². The van der Waals surface area contributed by atoms with E-state index < -0.39 is 10.0 Å². The molecule has 1 aromatic heterocycles. The molecule has 1 atom stereocenters. The maximum absolute atomic E-state index is 11.9. The summed E-state index contributed by atoms with van der Waals surface area (Å²) < 4.78 is 26.3. The van der Waals surface area contributed by atoms with Crippen LogP contribution in [0.1, 0.15) is 19.3 Å². The highest BCUT2D eigenvalue weighted by atomic mass is 32.2. The van der Waals surface area contributed by atoms with Gasteiger partial charge in [-0.1, -0.05) is 6.42 Å². The normalized spacial score (nSPS) is 22.8. The third kappa shape index (κ3) is 3.05. The predicted molar refractivity (Wildman–Crippen MR) is 64.0 cm³/mol. The number of nitrogens with zero attached hydrogens (tertiary/aromatic N) is 2. The molecule has 1 aliphatic rings. The Kier molecular flexibility index (Phi) is 3.80. The molecular weight excluding hydrogens is 240 g/mol. The lowest BCUT2D eigenvalue weighted by Crippen LogP contribution is -2.44. The molecular formula is C10H18N4O2S. The first-order valence-electron chi connectivity index (χ1n) is 5.78. The van der Waals surface area contributed by atoms with Gasteiger partial charge < -0.3 is 4.90 Å². The van der Waals surface area contributed by atoms with Gasteiger partial charge in [-0.25, -0.2) is 13.1 Å². The van der Waals surface area contributed by atoms with E-state index in [4.69, 9.17) is 0 Å². The number of hydrogen-bond donors (Lipinski definition) is 2. The summed E-state index contributed by atoms with van der Waals surface area (Å²) in [5.41, 5.74) is 0. The van der Waals surface area contributed by atoms with Crippen LogP contribution in [0, 0.1) is 0 Å². The van der Waals surface area contributed by atoms with Crippen molar-refractivity contribution in [3.05, 3.63) is 12.4 Å². The van der Waals surface area contributed by atoms with E-state index in [1.54, 1.807) is 0 Å². The Labute approximate surface area is 101 Å². The summed E-state index contributed by atoms with van der Waals surface area (Å²) >= 11 is 0. The van der Waals surface area contributed by atoms with E-state index in [0.717, 1.165) is 13.0 Å². The van der Waals surface area contributed by atoms with Crippen molar-refractivity contribution in [2.45, 2.75) is 30.2 Å². The maximum Gasteiger partial charge on any atom is 0.243 e. The third-order valence-electron chi connectivity index (χ3n) is 3.21. The van der Waals surface area contributed by atoms with Gasteiger partial charge in [-0.15, -0.1) is 0 Å². The highest BCUT2D eigenvalue weighted by Gasteiger charge is 2.22. The number of likely N-dealkylation sites (tertiary alicyclic amines) is 1. The molecule has 0 amide bonds. The Balaban J connectivity index is 1.93. The van der Waals surface area contributed by atoms with Crippen LogP contribution in [0.2, 0.25) is 0 Å². The minimum Gasteiger partial charge on any atom is -0.302 e. The van der Waals surface area contributed by atoms with Crippen LogP contribution in [0.3, 0.4) is 0 Å². The minimum absolute atomic E-state index is 0.191. The van der Waals surface area contributed by atoms with E-state index >= 15 is 0 Å². The number of rotatable bonds is 4. The average Bonchev–Trinajstić information content (AvgIpc) is 2.82. The molecule has 1 saturated heterocycles. The van der Waals surface area contributed by atoms with Crippen molar-refractivity contribution < 1.29 is 8.42 Å². The van der Waals surface area contributed by atoms with E-state index in [2.05, 4.69) is 19.8 Å². The molecule has 1 aromatic rings. The van der Waals surface area contributed by atoms with Crippen LogP contribution in [0.5, 0.6) is 0 Å². The Hall–Kier alpha value is -0.920. The molecule has 0 saturated carbocycles. The van der Waals surface area contributed by atoms with Crippen molar-refractivity contribution in [1.82, 2.24) is 19.8 Å². The molecule has 0 radical (unpaired) electrons. The maximum atomic E-state index is 11.9. The van der Waals surface area contributed by atoms with E-state index in [0.29, 0.717) is 12.6 Å². The van der Waals surface area contributed by atoms with E-state index in [1.165, 1.54) is 25.2 Å². The predicted octanol–water partition coefficient (Wildman–Crippen LogP) is 0.172. The van der Waals surface area contributed by atoms with E-state index in [9.17, 15) is 8.42 Å². The van der Waals surface area contributed by atoms with Crippen molar-refractivity contribution in [1.29, 1.82) is 0 Å². The SMILES string of the molecule is CN1CCCCC1CNS(=O)(=O)c1cn[nH]c1. The number of sulfonamides is 1. The van der Waals surface area contributed by atoms with Gasteiger partial charge in [-0.05, 0) is 26.4 Å². The monoisotopic (exact) mass is 258 g/mol. The van der Waals surface area contributed by atoms with Gasteiger partial charge in [0.1, 0.15) is 4.90 Å². The van der Waals surface area contributed by atoms with Crippen LogP contribution in [0.15, 0.2) is 17.3 Å². The highest BCUT2D eigenvalue weighted by Crippen LogP contribution is 2.15. The first-order valence-corrected chi connectivity index (χ1v) is 7.26. The molecule has 1 aliphatic heterocycles. The number of nitrogens with one attached hydrogen (secondary N) is 2. The van der Waals surface area contributed by atoms with Crippen LogP contribution in [0.4, 0.5) is 0 Å². The fourth-order valence-corrected chi connectivity index (χ4v) is 3.06. The van der Waals surface area contributed by atoms with Gasteiger partial charge in [0.2, 0.25) is 10.0 Å². The molecule has 0 bridgehead atoms. The second-order valence-electron chi connectivity index (χ2n) is 4.42. The number of piperidine rings is 1. The Morgan fingerprint density at radius 1 is 1.59 bits per heavy atom. The lowest BCUT2D eigenvalue weighted by molar-refractivity contribution is 0.187. The summed E-state index contributed by atoms with van der Waals surface area (Å²) in [5, 5.41) is 6.15. The molecule has 2 N–H and O–H groups in total. The number of aromatic nitrogens is 2. The van der Waals surface area contributed by atoms with E-state index in [1.807, 2.05) is 7.05 Å². The molecule has 1 fully saturated rings. The van der Waals surface area contributed by atoms with Crippen molar-refractivity contribution in [2.24, 2.45) is 0 Å². The summed E-state index contributed by atoms with van der Waals surface area (Å²) in [6.45, 7) is 1.50. The van der Waals surface area contributed by atoms with Crippen LogP contribution in [0.25, 0.3) is 0 Å². The van der Waals surface area contributed by atoms with Gasteiger partial charge in [0, 0.05) is 18.8 Å². The zero-order valence-corrected chi connectivity index (χ0v) is 10.7. The Morgan fingerprint density at radius 2 is 2.41 bits per heavy atom. The Bertz CT molecular complexity index is 443. The molecule has 2 rings (SSSR count). The van der Waals surface area contributed by atoms with Crippen molar-refractivity contribution in [2.75, 3.05) is 20.1 Å². The fraction of sp³-hybridized carbons (Fsp3) is 0.700. The van der Waals surface area contributed by atoms with E-state index in [-0.39, 0.29) is 4.90 Å². The largest absolute Gasteiger partial charge is 0.302 e. The van der Waals surface area contributed by atoms with Gasteiger partial charge in [0.25, 0.3) is 0 Å². The first kappa shape index (κ1) is 12.5. The van der Waals surface area contributed by atoms with Crippen LogP contribution in [-0.2, 0) is 10.0 Å². The minimum atomic E-state index is -3.41. The van der Waals surface area contributed by atoms with Gasteiger partial charge in [0.05, 0.1) is 6.20 Å². The molecule has 2 heterocycles. The quantitative estimate of drug-likeness (QED) is 0.807. The zero-order valence-electron chi connectivity index (χ0n) is 9.89. The Morgan fingerprint density at radius 3 is 3.06 bits per heavy atom. The fourth-order valence-electron chi connectivity index (χ4n) is 2.08. The average molecular weight is 258 g/mol. The summed E-state index contributed by atoms with van der Waals surface area (Å²) in [6, 6.07) is 0.297. The van der Waals surface area contributed by atoms with Crippen molar-refractivity contribution in [3.8, 4) is 0 Å². The molecule has 96 valence electrons. The van der Waals surface area contributed by atoms with Gasteiger partial charge in [-0.2, -0.15) is 5.10 Å². The van der Waals surface area contributed by atoms with Gasteiger partial charge in [-0.3, -0.25) is 5.10 Å². The lowest BCUT2D eigenvalue weighted by Gasteiger charge is -2.32. The lowest BCUT2D eigenvalue weighted by atomic mass is 10.0. The van der Waals surface area contributed by atoms with Crippen molar-refractivity contribution in [3.63, 3.8) is 0 Å². The molecule has 1 unspecified atom stereocenters. The highest BCUT2D eigenvalue weighted by molar-refractivity contribution is 7.89. The summed E-state index contributed by atoms with van der Waals surface area (Å²) in [6.07, 6.45) is 6.11. The molecule has 0 aliphatic carbocycles. The zero-order chi connectivity index (χ0) is 12.3. The second-order valence-corrected chi connectivity index (χ2v) is 6.18. The third-order valence-corrected chi connectivity index (χ3v) is 4.60. The smallest absolute Gasteiger partial charge is 0.243 e. The standard InChI is InChI=1S/C10H18N4O2S/c1-14-5-3-2-4-9(14)6-13-17(15,16)10-7-11-12-8-10/h7-9,13H,2-6H2,1H3,(H,11,12). The molecule has 0 spiro atoms. The van der Waals surface area contributed by atoms with Gasteiger partial charge >= 0.3 is 0 Å². The second kappa shape index (κ2) is 5.16. The van der Waals surface area contributed by atoms with Crippen molar-refractivity contribution >= 4 is 10.0 Å². The number of likely N-dealkylation sites (N-methyl/N-ethyl adjacent to an activating group) is 1. The molecule has 0 aromatic carbocycles. The van der Waals surface area contributed by atoms with Gasteiger partial charge in [0.15, 0.2) is 0 Å². The van der Waals surface area contributed by atoms with Crippen LogP contribution < -0.4 is 4.72 Å². The summed E-state index contributed by atoms with van der Waals surface area (Å²) in [5.74, 6) is 0. The first-order chi connectivity index (χ1) is 8.09. The molecule has 17 heavy (non-hydrogen) atoms. The molecule has 6 nitrogen and oxygen atoms in total. The van der Waals surface area contributed by atoms with Crippen LogP contribution >= 0.6 is 0 Å². The number of H-pyrrole nitrogens is 1. The summed E-state index contributed by atoms with van der Waals surface area (Å²) in [7, 11) is -1.37. The topological polar surface area (TPSA) is 78.1 Å². The number of hydrogen-bond acceptors (Lipinski definition) is 4. The summed E-state index contributed by atoms with van der Waals surface area (Å²) in [4.78, 5) is 2.40. The number of aromatic amines is 1.